The van der Waals surface area contributed by atoms with Crippen LogP contribution in [-0.2, 0) is 0 Å². The lowest BCUT2D eigenvalue weighted by Crippen LogP contribution is -2.33. The van der Waals surface area contributed by atoms with Crippen LogP contribution in [-0.4, -0.2) is 11.6 Å². The van der Waals surface area contributed by atoms with Gasteiger partial charge in [-0.15, -0.1) is 0 Å². The first kappa shape index (κ1) is 23.5. The molecule has 0 aliphatic carbocycles. The Morgan fingerprint density at radius 1 is 0.486 bits per heavy atom. The third-order valence-corrected chi connectivity index (χ3v) is 5.63. The fourth-order valence-electron chi connectivity index (χ4n) is 3.63. The number of rotatable bonds is 4. The van der Waals surface area contributed by atoms with E-state index in [9.17, 15) is 9.59 Å². The predicted molar refractivity (Wildman–Crippen MR) is 140 cm³/mol. The van der Waals surface area contributed by atoms with Crippen molar-refractivity contribution >= 4 is 11.6 Å². The molecule has 0 N–H and O–H groups in total. The molecule has 0 bridgehead atoms. The van der Waals surface area contributed by atoms with Gasteiger partial charge in [-0.3, -0.25) is 9.59 Å². The summed E-state index contributed by atoms with van der Waals surface area (Å²) in [6, 6.07) is 33.6. The topological polar surface area (TPSA) is 34.1 Å². The number of benzene rings is 4. The van der Waals surface area contributed by atoms with E-state index in [1.54, 1.807) is 50.2 Å². The molecular weight excluding hydrogens is 428 g/mol. The Morgan fingerprint density at radius 3 is 1.23 bits per heavy atom. The third kappa shape index (κ3) is 5.83. The monoisotopic (exact) mass is 452 g/mol. The Kier molecular flexibility index (Phi) is 7.06. The van der Waals surface area contributed by atoms with Crippen molar-refractivity contribution in [3.05, 3.63) is 143 Å². The average molecular weight is 453 g/mol. The lowest BCUT2D eigenvalue weighted by atomic mass is 9.77. The van der Waals surface area contributed by atoms with E-state index in [1.165, 1.54) is 0 Å². The van der Waals surface area contributed by atoms with E-state index in [0.29, 0.717) is 11.1 Å². The molecule has 4 aromatic carbocycles. The van der Waals surface area contributed by atoms with E-state index in [2.05, 4.69) is 23.7 Å². The van der Waals surface area contributed by atoms with Gasteiger partial charge >= 0.3 is 0 Å². The Bertz CT molecular complexity index is 1370. The summed E-state index contributed by atoms with van der Waals surface area (Å²) in [5.41, 5.74) is 2.93. The van der Waals surface area contributed by atoms with E-state index < -0.39 is 5.41 Å². The Balaban J connectivity index is 1.56. The lowest BCUT2D eigenvalue weighted by molar-refractivity contribution is 0.0711. The first-order valence-electron chi connectivity index (χ1n) is 11.4. The van der Waals surface area contributed by atoms with Crippen LogP contribution in [0.25, 0.3) is 0 Å². The summed E-state index contributed by atoms with van der Waals surface area (Å²) in [7, 11) is 0. The Hall–Kier alpha value is -4.66. The van der Waals surface area contributed by atoms with Gasteiger partial charge in [0.05, 0.1) is 5.41 Å². The maximum Gasteiger partial charge on any atom is 0.176 e. The highest BCUT2D eigenvalue weighted by Crippen LogP contribution is 2.28. The second-order valence-electron chi connectivity index (χ2n) is 8.68. The molecule has 4 rings (SSSR count). The third-order valence-electron chi connectivity index (χ3n) is 5.63. The molecule has 0 aromatic heterocycles. The van der Waals surface area contributed by atoms with Crippen molar-refractivity contribution < 1.29 is 9.59 Å². The van der Waals surface area contributed by atoms with Crippen LogP contribution in [0.1, 0.15) is 56.8 Å². The Morgan fingerprint density at radius 2 is 0.829 bits per heavy atom. The van der Waals surface area contributed by atoms with Crippen molar-refractivity contribution in [1.82, 2.24) is 0 Å². The van der Waals surface area contributed by atoms with E-state index in [4.69, 9.17) is 0 Å². The summed E-state index contributed by atoms with van der Waals surface area (Å²) in [6.07, 6.45) is 0. The smallest absolute Gasteiger partial charge is 0.176 e. The molecule has 2 nitrogen and oxygen atoms in total. The maximum atomic E-state index is 13.4. The molecule has 0 radical (unpaired) electrons. The zero-order chi connectivity index (χ0) is 24.7. The molecule has 0 aliphatic heterocycles. The first-order valence-corrected chi connectivity index (χ1v) is 11.4. The van der Waals surface area contributed by atoms with Gasteiger partial charge in [-0.25, -0.2) is 0 Å². The van der Waals surface area contributed by atoms with Crippen molar-refractivity contribution in [2.75, 3.05) is 0 Å². The van der Waals surface area contributed by atoms with Gasteiger partial charge in [-0.2, -0.15) is 0 Å². The van der Waals surface area contributed by atoms with Crippen LogP contribution in [0.3, 0.4) is 0 Å². The highest BCUT2D eigenvalue weighted by atomic mass is 16.2. The number of hydrogen-bond donors (Lipinski definition) is 0. The second-order valence-corrected chi connectivity index (χ2v) is 8.68. The predicted octanol–water partition coefficient (Wildman–Crippen LogP) is 6.58. The zero-order valence-electron chi connectivity index (χ0n) is 19.7. The van der Waals surface area contributed by atoms with Crippen molar-refractivity contribution in [2.24, 2.45) is 5.41 Å². The van der Waals surface area contributed by atoms with Crippen LogP contribution >= 0.6 is 0 Å². The minimum atomic E-state index is -1.24. The van der Waals surface area contributed by atoms with Crippen LogP contribution in [0.5, 0.6) is 0 Å². The quantitative estimate of drug-likeness (QED) is 0.199. The Labute approximate surface area is 206 Å². The largest absolute Gasteiger partial charge is 0.293 e. The van der Waals surface area contributed by atoms with Gasteiger partial charge in [0.2, 0.25) is 0 Å². The van der Waals surface area contributed by atoms with Crippen molar-refractivity contribution in [1.29, 1.82) is 0 Å². The van der Waals surface area contributed by atoms with Gasteiger partial charge < -0.3 is 0 Å². The zero-order valence-corrected chi connectivity index (χ0v) is 19.7. The van der Waals surface area contributed by atoms with E-state index in [0.717, 1.165) is 22.3 Å². The van der Waals surface area contributed by atoms with Gasteiger partial charge in [0.1, 0.15) is 0 Å². The summed E-state index contributed by atoms with van der Waals surface area (Å²) in [4.78, 5) is 26.8. The fourth-order valence-corrected chi connectivity index (χ4v) is 3.63. The number of Topliss-reactive ketones (excluding diaryl/α,β-unsaturated/α-hetero) is 2. The SMILES string of the molecule is CC(C)(C(=O)c1cccc(C#Cc2ccccc2)c1)C(=O)c1cccc(C#Cc2ccccc2)c1. The number of ketones is 2. The van der Waals surface area contributed by atoms with Crippen molar-refractivity contribution in [2.45, 2.75) is 13.8 Å². The average Bonchev–Trinajstić information content (AvgIpc) is 2.91. The second kappa shape index (κ2) is 10.5. The van der Waals surface area contributed by atoms with Gasteiger partial charge in [-0.1, -0.05) is 84.3 Å². The molecule has 0 atom stereocenters. The normalized spacial score (nSPS) is 10.3. The van der Waals surface area contributed by atoms with E-state index in [1.807, 2.05) is 72.8 Å². The van der Waals surface area contributed by atoms with Crippen LogP contribution in [0.2, 0.25) is 0 Å². The number of carbonyl (C=O) groups excluding carboxylic acids is 2. The number of hydrogen-bond acceptors (Lipinski definition) is 2. The van der Waals surface area contributed by atoms with Gasteiger partial charge in [0, 0.05) is 33.4 Å². The van der Waals surface area contributed by atoms with Crippen molar-refractivity contribution in [3.63, 3.8) is 0 Å². The molecule has 0 heterocycles. The fraction of sp³-hybridized carbons (Fsp3) is 0.0909. The van der Waals surface area contributed by atoms with Crippen molar-refractivity contribution in [3.8, 4) is 23.7 Å². The number of carbonyl (C=O) groups is 2. The molecule has 168 valence electrons. The summed E-state index contributed by atoms with van der Waals surface area (Å²) in [5.74, 6) is 11.9. The molecule has 0 saturated heterocycles. The van der Waals surface area contributed by atoms with E-state index in [-0.39, 0.29) is 11.6 Å². The molecule has 4 aromatic rings. The summed E-state index contributed by atoms with van der Waals surface area (Å²) in [5, 5.41) is 0. The molecule has 0 spiro atoms. The highest BCUT2D eigenvalue weighted by molar-refractivity contribution is 6.19. The standard InChI is InChI=1S/C33H24O2/c1-33(2,31(34)29-17-9-15-27(23-29)21-19-25-11-5-3-6-12-25)32(35)30-18-10-16-28(24-30)22-20-26-13-7-4-8-14-26/h3-18,23-24H,1-2H3. The van der Waals surface area contributed by atoms with Crippen LogP contribution < -0.4 is 0 Å². The van der Waals surface area contributed by atoms with Gasteiger partial charge in [-0.05, 0) is 62.4 Å². The lowest BCUT2D eigenvalue weighted by Gasteiger charge is -2.22. The summed E-state index contributed by atoms with van der Waals surface area (Å²) >= 11 is 0. The first-order chi connectivity index (χ1) is 16.9. The molecule has 35 heavy (non-hydrogen) atoms. The minimum absolute atomic E-state index is 0.244. The van der Waals surface area contributed by atoms with Crippen LogP contribution in [0.4, 0.5) is 0 Å². The minimum Gasteiger partial charge on any atom is -0.293 e. The van der Waals surface area contributed by atoms with Gasteiger partial charge in [0.25, 0.3) is 0 Å². The highest BCUT2D eigenvalue weighted by Gasteiger charge is 2.37. The van der Waals surface area contributed by atoms with Crippen LogP contribution in [0.15, 0.2) is 109 Å². The summed E-state index contributed by atoms with van der Waals surface area (Å²) in [6.45, 7) is 3.34. The molecule has 0 amide bonds. The molecule has 0 fully saturated rings. The molecule has 2 heteroatoms. The van der Waals surface area contributed by atoms with E-state index >= 15 is 0 Å². The molecular formula is C33H24O2. The molecule has 0 unspecified atom stereocenters. The molecule has 0 saturated carbocycles. The maximum absolute atomic E-state index is 13.4. The van der Waals surface area contributed by atoms with Crippen LogP contribution in [0, 0.1) is 29.1 Å². The summed E-state index contributed by atoms with van der Waals surface area (Å²) < 4.78 is 0. The molecule has 0 aliphatic rings. The van der Waals surface area contributed by atoms with Gasteiger partial charge in [0.15, 0.2) is 11.6 Å².